The van der Waals surface area contributed by atoms with Crippen LogP contribution < -0.4 is 4.90 Å². The molecule has 1 atom stereocenters. The molecule has 2 nitrogen and oxygen atoms in total. The molecule has 0 spiro atoms. The third-order valence-corrected chi connectivity index (χ3v) is 3.06. The molecule has 1 aromatic rings. The van der Waals surface area contributed by atoms with Crippen LogP contribution in [0.25, 0.3) is 0 Å². The number of hydrogen-bond acceptors (Lipinski definition) is 2. The third kappa shape index (κ3) is 2.84. The fraction of sp³-hybridized carbons (Fsp3) is 0.500. The number of hydrogen-bond donors (Lipinski definition) is 0. The predicted molar refractivity (Wildman–Crippen MR) is 69.3 cm³/mol. The molecule has 0 saturated heterocycles. The van der Waals surface area contributed by atoms with Gasteiger partial charge in [-0.1, -0.05) is 25.0 Å². The molecular weight excluding hydrogens is 198 g/mol. The average Bonchev–Trinajstić information content (AvgIpc) is 2.28. The van der Waals surface area contributed by atoms with Crippen molar-refractivity contribution < 1.29 is 4.79 Å². The SMILES string of the molecule is CCCC(C)N(C)c1ccc(C)cc1C=O. The summed E-state index contributed by atoms with van der Waals surface area (Å²) in [5.41, 5.74) is 2.94. The van der Waals surface area contributed by atoms with Crippen molar-refractivity contribution in [1.29, 1.82) is 0 Å². The van der Waals surface area contributed by atoms with Crippen molar-refractivity contribution in [3.8, 4) is 0 Å². The second-order valence-corrected chi connectivity index (χ2v) is 4.43. The number of nitrogens with zero attached hydrogens (tertiary/aromatic N) is 1. The molecule has 88 valence electrons. The normalized spacial score (nSPS) is 12.2. The summed E-state index contributed by atoms with van der Waals surface area (Å²) in [4.78, 5) is 13.2. The van der Waals surface area contributed by atoms with Crippen LogP contribution in [0.5, 0.6) is 0 Å². The minimum atomic E-state index is 0.464. The lowest BCUT2D eigenvalue weighted by Gasteiger charge is -2.28. The summed E-state index contributed by atoms with van der Waals surface area (Å²) in [5.74, 6) is 0. The van der Waals surface area contributed by atoms with Gasteiger partial charge in [-0.3, -0.25) is 4.79 Å². The Bertz CT molecular complexity index is 360. The zero-order chi connectivity index (χ0) is 12.1. The first-order valence-corrected chi connectivity index (χ1v) is 5.88. The van der Waals surface area contributed by atoms with Gasteiger partial charge in [0.05, 0.1) is 0 Å². The summed E-state index contributed by atoms with van der Waals surface area (Å²) in [7, 11) is 2.05. The van der Waals surface area contributed by atoms with Gasteiger partial charge in [0.15, 0.2) is 6.29 Å². The molecule has 1 rings (SSSR count). The van der Waals surface area contributed by atoms with Crippen LogP contribution in [0.3, 0.4) is 0 Å². The Balaban J connectivity index is 2.98. The van der Waals surface area contributed by atoms with Crippen molar-refractivity contribution in [2.45, 2.75) is 39.7 Å². The van der Waals surface area contributed by atoms with Crippen LogP contribution >= 0.6 is 0 Å². The van der Waals surface area contributed by atoms with Crippen molar-refractivity contribution in [3.05, 3.63) is 29.3 Å². The highest BCUT2D eigenvalue weighted by molar-refractivity contribution is 5.85. The van der Waals surface area contributed by atoms with Crippen LogP contribution in [0, 0.1) is 6.92 Å². The maximum absolute atomic E-state index is 11.0. The summed E-state index contributed by atoms with van der Waals surface area (Å²) in [6, 6.07) is 6.49. The van der Waals surface area contributed by atoms with E-state index in [-0.39, 0.29) is 0 Å². The Hall–Kier alpha value is -1.31. The van der Waals surface area contributed by atoms with E-state index < -0.39 is 0 Å². The van der Waals surface area contributed by atoms with Crippen LogP contribution in [-0.4, -0.2) is 19.4 Å². The Labute approximate surface area is 98.3 Å². The zero-order valence-electron chi connectivity index (χ0n) is 10.7. The number of rotatable bonds is 5. The maximum Gasteiger partial charge on any atom is 0.152 e. The van der Waals surface area contributed by atoms with Crippen LogP contribution in [-0.2, 0) is 0 Å². The first kappa shape index (κ1) is 12.8. The Kier molecular flexibility index (Phi) is 4.53. The number of carbonyl (C=O) groups excluding carboxylic acids is 1. The van der Waals surface area contributed by atoms with Crippen LogP contribution in [0.2, 0.25) is 0 Å². The number of carbonyl (C=O) groups is 1. The van der Waals surface area contributed by atoms with Gasteiger partial charge >= 0.3 is 0 Å². The number of aryl methyl sites for hydroxylation is 1. The Morgan fingerprint density at radius 1 is 1.44 bits per heavy atom. The summed E-state index contributed by atoms with van der Waals surface area (Å²) in [6.45, 7) is 6.38. The lowest BCUT2D eigenvalue weighted by atomic mass is 10.1. The largest absolute Gasteiger partial charge is 0.371 e. The van der Waals surface area contributed by atoms with Gasteiger partial charge in [-0.25, -0.2) is 0 Å². The van der Waals surface area contributed by atoms with Gasteiger partial charge in [0.1, 0.15) is 0 Å². The van der Waals surface area contributed by atoms with Crippen LogP contribution in [0.15, 0.2) is 18.2 Å². The molecule has 0 aromatic heterocycles. The second kappa shape index (κ2) is 5.69. The van der Waals surface area contributed by atoms with Gasteiger partial charge in [0, 0.05) is 24.3 Å². The first-order chi connectivity index (χ1) is 7.60. The molecule has 1 aromatic carbocycles. The van der Waals surface area contributed by atoms with E-state index in [9.17, 15) is 4.79 Å². The molecule has 0 aliphatic carbocycles. The standard InChI is InChI=1S/C14H21NO/c1-5-6-12(3)15(4)14-8-7-11(2)9-13(14)10-16/h7-10,12H,5-6H2,1-4H3. The molecule has 0 radical (unpaired) electrons. The third-order valence-electron chi connectivity index (χ3n) is 3.06. The van der Waals surface area contributed by atoms with Gasteiger partial charge in [-0.2, -0.15) is 0 Å². The van der Waals surface area contributed by atoms with E-state index in [0.29, 0.717) is 6.04 Å². The predicted octanol–water partition coefficient (Wildman–Crippen LogP) is 3.43. The summed E-state index contributed by atoms with van der Waals surface area (Å²) >= 11 is 0. The van der Waals surface area contributed by atoms with Gasteiger partial charge in [-0.15, -0.1) is 0 Å². The number of benzene rings is 1. The quantitative estimate of drug-likeness (QED) is 0.707. The molecule has 16 heavy (non-hydrogen) atoms. The fourth-order valence-electron chi connectivity index (χ4n) is 1.94. The van der Waals surface area contributed by atoms with E-state index in [0.717, 1.165) is 35.9 Å². The molecule has 0 heterocycles. The van der Waals surface area contributed by atoms with Crippen molar-refractivity contribution in [3.63, 3.8) is 0 Å². The molecule has 0 fully saturated rings. The van der Waals surface area contributed by atoms with Crippen molar-refractivity contribution >= 4 is 12.0 Å². The molecule has 0 aliphatic heterocycles. The lowest BCUT2D eigenvalue weighted by Crippen LogP contribution is -2.29. The summed E-state index contributed by atoms with van der Waals surface area (Å²) in [6.07, 6.45) is 3.24. The molecule has 0 bridgehead atoms. The van der Waals surface area contributed by atoms with Crippen molar-refractivity contribution in [2.24, 2.45) is 0 Å². The van der Waals surface area contributed by atoms with Crippen LogP contribution in [0.1, 0.15) is 42.6 Å². The van der Waals surface area contributed by atoms with E-state index in [2.05, 4.69) is 31.9 Å². The molecule has 0 amide bonds. The first-order valence-electron chi connectivity index (χ1n) is 5.88. The van der Waals surface area contributed by atoms with Crippen LogP contribution in [0.4, 0.5) is 5.69 Å². The van der Waals surface area contributed by atoms with E-state index in [1.54, 1.807) is 0 Å². The van der Waals surface area contributed by atoms with E-state index >= 15 is 0 Å². The fourth-order valence-corrected chi connectivity index (χ4v) is 1.94. The highest BCUT2D eigenvalue weighted by atomic mass is 16.1. The summed E-state index contributed by atoms with van der Waals surface area (Å²) < 4.78 is 0. The average molecular weight is 219 g/mol. The molecule has 2 heteroatoms. The second-order valence-electron chi connectivity index (χ2n) is 4.43. The number of anilines is 1. The molecule has 0 saturated carbocycles. The van der Waals surface area contributed by atoms with Gasteiger partial charge < -0.3 is 4.90 Å². The number of aldehydes is 1. The lowest BCUT2D eigenvalue weighted by molar-refractivity contribution is 0.112. The Morgan fingerprint density at radius 2 is 2.12 bits per heavy atom. The van der Waals surface area contributed by atoms with Gasteiger partial charge in [-0.05, 0) is 32.4 Å². The Morgan fingerprint density at radius 3 is 2.69 bits per heavy atom. The molecular formula is C14H21NO. The topological polar surface area (TPSA) is 20.3 Å². The van der Waals surface area contributed by atoms with Crippen molar-refractivity contribution in [1.82, 2.24) is 0 Å². The van der Waals surface area contributed by atoms with Gasteiger partial charge in [0.2, 0.25) is 0 Å². The van der Waals surface area contributed by atoms with E-state index in [1.807, 2.05) is 19.1 Å². The highest BCUT2D eigenvalue weighted by Crippen LogP contribution is 2.22. The molecule has 0 aliphatic rings. The smallest absolute Gasteiger partial charge is 0.152 e. The molecule has 1 unspecified atom stereocenters. The van der Waals surface area contributed by atoms with Crippen molar-refractivity contribution in [2.75, 3.05) is 11.9 Å². The minimum Gasteiger partial charge on any atom is -0.371 e. The van der Waals surface area contributed by atoms with E-state index in [4.69, 9.17) is 0 Å². The van der Waals surface area contributed by atoms with Gasteiger partial charge in [0.25, 0.3) is 0 Å². The maximum atomic E-state index is 11.0. The molecule has 0 N–H and O–H groups in total. The van der Waals surface area contributed by atoms with E-state index in [1.165, 1.54) is 0 Å². The highest BCUT2D eigenvalue weighted by Gasteiger charge is 2.12. The monoisotopic (exact) mass is 219 g/mol. The minimum absolute atomic E-state index is 0.464. The summed E-state index contributed by atoms with van der Waals surface area (Å²) in [5, 5.41) is 0. The zero-order valence-corrected chi connectivity index (χ0v) is 10.7.